The lowest BCUT2D eigenvalue weighted by Gasteiger charge is -2.37. The van der Waals surface area contributed by atoms with Crippen LogP contribution in [0.15, 0.2) is 24.3 Å². The van der Waals surface area contributed by atoms with Crippen LogP contribution in [0.3, 0.4) is 0 Å². The third-order valence-corrected chi connectivity index (χ3v) is 5.63. The lowest BCUT2D eigenvalue weighted by molar-refractivity contribution is -0.144. The molecule has 5 nitrogen and oxygen atoms in total. The molecule has 2 aliphatic rings. The van der Waals surface area contributed by atoms with Crippen molar-refractivity contribution in [1.29, 1.82) is 0 Å². The predicted octanol–water partition coefficient (Wildman–Crippen LogP) is 1.90. The van der Waals surface area contributed by atoms with Crippen molar-refractivity contribution in [3.8, 4) is 0 Å². The number of nitrogens with zero attached hydrogens (tertiary/aromatic N) is 3. The van der Waals surface area contributed by atoms with Crippen LogP contribution in [0.4, 0.5) is 0 Å². The van der Waals surface area contributed by atoms with Gasteiger partial charge in [-0.2, -0.15) is 0 Å². The van der Waals surface area contributed by atoms with Crippen molar-refractivity contribution >= 4 is 11.8 Å². The molecule has 0 radical (unpaired) electrons. The Morgan fingerprint density at radius 1 is 1.20 bits per heavy atom. The Bertz CT molecular complexity index is 643. The van der Waals surface area contributed by atoms with Crippen LogP contribution in [0.1, 0.15) is 30.4 Å². The fraction of sp³-hybridized carbons (Fsp3) is 0.600. The second-order valence-electron chi connectivity index (χ2n) is 7.83. The summed E-state index contributed by atoms with van der Waals surface area (Å²) in [5.74, 6) is 0.356. The number of aryl methyl sites for hydroxylation is 1. The number of carbonyl (C=O) groups excluding carboxylic acids is 2. The standard InChI is InChI=1S/C20H29N3O2/c1-16-5-7-17(8-6-16)13-21(2)14-18(24)23-12-10-20(15-23)9-4-11-22(3)19(20)25/h5-8H,4,9-15H2,1-3H3/t20-/m0/s1. The van der Waals surface area contributed by atoms with E-state index in [1.165, 1.54) is 11.1 Å². The number of hydrogen-bond donors (Lipinski definition) is 0. The summed E-state index contributed by atoms with van der Waals surface area (Å²) in [5.41, 5.74) is 2.13. The first-order valence-electron chi connectivity index (χ1n) is 9.17. The number of benzene rings is 1. The molecule has 1 atom stereocenters. The molecule has 0 aromatic heterocycles. The second kappa shape index (κ2) is 7.16. The van der Waals surface area contributed by atoms with Crippen molar-refractivity contribution in [3.63, 3.8) is 0 Å². The highest BCUT2D eigenvalue weighted by atomic mass is 16.2. The molecule has 0 N–H and O–H groups in total. The number of likely N-dealkylation sites (N-methyl/N-ethyl adjacent to an activating group) is 1. The Hall–Kier alpha value is -1.88. The Morgan fingerprint density at radius 3 is 2.64 bits per heavy atom. The molecule has 1 aromatic carbocycles. The molecule has 1 aromatic rings. The summed E-state index contributed by atoms with van der Waals surface area (Å²) in [6, 6.07) is 8.41. The molecule has 0 bridgehead atoms. The maximum Gasteiger partial charge on any atom is 0.236 e. The van der Waals surface area contributed by atoms with Crippen molar-refractivity contribution in [1.82, 2.24) is 14.7 Å². The highest BCUT2D eigenvalue weighted by Crippen LogP contribution is 2.39. The quantitative estimate of drug-likeness (QED) is 0.839. The molecule has 25 heavy (non-hydrogen) atoms. The number of amides is 2. The average molecular weight is 343 g/mol. The first kappa shape index (κ1) is 17.9. The molecule has 5 heteroatoms. The van der Waals surface area contributed by atoms with Gasteiger partial charge in [-0.15, -0.1) is 0 Å². The van der Waals surface area contributed by atoms with Crippen molar-refractivity contribution in [3.05, 3.63) is 35.4 Å². The third-order valence-electron chi connectivity index (χ3n) is 5.63. The Balaban J connectivity index is 1.55. The van der Waals surface area contributed by atoms with Crippen LogP contribution in [0.5, 0.6) is 0 Å². The van der Waals surface area contributed by atoms with Crippen molar-refractivity contribution in [2.45, 2.75) is 32.7 Å². The zero-order valence-electron chi connectivity index (χ0n) is 15.6. The first-order valence-corrected chi connectivity index (χ1v) is 9.17. The number of rotatable bonds is 4. The van der Waals surface area contributed by atoms with Crippen LogP contribution in [-0.4, -0.2) is 66.8 Å². The van der Waals surface area contributed by atoms with E-state index in [4.69, 9.17) is 0 Å². The molecule has 3 rings (SSSR count). The molecule has 2 aliphatic heterocycles. The van der Waals surface area contributed by atoms with E-state index in [2.05, 4.69) is 31.2 Å². The van der Waals surface area contributed by atoms with Crippen LogP contribution >= 0.6 is 0 Å². The van der Waals surface area contributed by atoms with Gasteiger partial charge in [0.2, 0.25) is 11.8 Å². The molecule has 0 unspecified atom stereocenters. The maximum atomic E-state index is 12.7. The van der Waals surface area contributed by atoms with Crippen molar-refractivity contribution in [2.75, 3.05) is 40.3 Å². The molecule has 0 aliphatic carbocycles. The minimum Gasteiger partial charge on any atom is -0.345 e. The van der Waals surface area contributed by atoms with Crippen LogP contribution in [-0.2, 0) is 16.1 Å². The summed E-state index contributed by atoms with van der Waals surface area (Å²) >= 11 is 0. The monoisotopic (exact) mass is 343 g/mol. The first-order chi connectivity index (χ1) is 11.9. The summed E-state index contributed by atoms with van der Waals surface area (Å²) in [6.45, 7) is 5.36. The van der Waals surface area contributed by atoms with Crippen LogP contribution in [0.25, 0.3) is 0 Å². The van der Waals surface area contributed by atoms with Crippen molar-refractivity contribution in [2.24, 2.45) is 5.41 Å². The fourth-order valence-electron chi connectivity index (χ4n) is 4.12. The van der Waals surface area contributed by atoms with Gasteiger partial charge in [-0.05, 0) is 38.8 Å². The highest BCUT2D eigenvalue weighted by Gasteiger charge is 2.48. The van der Waals surface area contributed by atoms with Gasteiger partial charge in [0, 0.05) is 33.2 Å². The fourth-order valence-corrected chi connectivity index (χ4v) is 4.12. The van der Waals surface area contributed by atoms with Crippen LogP contribution < -0.4 is 0 Å². The van der Waals surface area contributed by atoms with Gasteiger partial charge in [0.1, 0.15) is 0 Å². The lowest BCUT2D eigenvalue weighted by Crippen LogP contribution is -2.49. The van der Waals surface area contributed by atoms with Gasteiger partial charge in [0.05, 0.1) is 12.0 Å². The second-order valence-corrected chi connectivity index (χ2v) is 7.83. The van der Waals surface area contributed by atoms with E-state index in [-0.39, 0.29) is 17.2 Å². The molecule has 2 saturated heterocycles. The highest BCUT2D eigenvalue weighted by molar-refractivity contribution is 5.86. The molecule has 0 saturated carbocycles. The van der Waals surface area contributed by atoms with Crippen LogP contribution in [0.2, 0.25) is 0 Å². The molecule has 136 valence electrons. The molecule has 2 amide bonds. The SMILES string of the molecule is Cc1ccc(CN(C)CC(=O)N2CC[C@@]3(CCCN(C)C3=O)C2)cc1. The smallest absolute Gasteiger partial charge is 0.236 e. The van der Waals surface area contributed by atoms with E-state index in [0.717, 1.165) is 32.4 Å². The van der Waals surface area contributed by atoms with Gasteiger partial charge in [-0.3, -0.25) is 14.5 Å². The van der Waals surface area contributed by atoms with E-state index in [1.54, 1.807) is 0 Å². The third kappa shape index (κ3) is 3.87. The molecule has 2 heterocycles. The zero-order valence-corrected chi connectivity index (χ0v) is 15.6. The zero-order chi connectivity index (χ0) is 18.0. The summed E-state index contributed by atoms with van der Waals surface area (Å²) < 4.78 is 0. The van der Waals surface area contributed by atoms with E-state index in [9.17, 15) is 9.59 Å². The van der Waals surface area contributed by atoms with Gasteiger partial charge in [-0.25, -0.2) is 0 Å². The predicted molar refractivity (Wildman–Crippen MR) is 98.0 cm³/mol. The summed E-state index contributed by atoms with van der Waals surface area (Å²) in [4.78, 5) is 31.0. The normalized spacial score (nSPS) is 23.8. The topological polar surface area (TPSA) is 43.9 Å². The van der Waals surface area contributed by atoms with Gasteiger partial charge < -0.3 is 9.80 Å². The van der Waals surface area contributed by atoms with Gasteiger partial charge in [0.25, 0.3) is 0 Å². The Morgan fingerprint density at radius 2 is 1.92 bits per heavy atom. The molecular weight excluding hydrogens is 314 g/mol. The Labute approximate surface area is 150 Å². The Kier molecular flexibility index (Phi) is 5.13. The molecule has 1 spiro atoms. The number of hydrogen-bond acceptors (Lipinski definition) is 3. The largest absolute Gasteiger partial charge is 0.345 e. The lowest BCUT2D eigenvalue weighted by atomic mass is 9.78. The molecule has 2 fully saturated rings. The van der Waals surface area contributed by atoms with E-state index < -0.39 is 0 Å². The summed E-state index contributed by atoms with van der Waals surface area (Å²) in [7, 11) is 3.85. The molecular formula is C20H29N3O2. The van der Waals surface area contributed by atoms with Gasteiger partial charge >= 0.3 is 0 Å². The van der Waals surface area contributed by atoms with E-state index in [1.807, 2.05) is 28.8 Å². The van der Waals surface area contributed by atoms with Gasteiger partial charge in [0.15, 0.2) is 0 Å². The summed E-state index contributed by atoms with van der Waals surface area (Å²) in [5, 5.41) is 0. The van der Waals surface area contributed by atoms with Gasteiger partial charge in [-0.1, -0.05) is 29.8 Å². The maximum absolute atomic E-state index is 12.7. The number of carbonyl (C=O) groups is 2. The summed E-state index contributed by atoms with van der Waals surface area (Å²) in [6.07, 6.45) is 2.76. The number of likely N-dealkylation sites (tertiary alicyclic amines) is 2. The minimum atomic E-state index is -0.321. The number of piperidine rings is 1. The van der Waals surface area contributed by atoms with Crippen molar-refractivity contribution < 1.29 is 9.59 Å². The average Bonchev–Trinajstić information content (AvgIpc) is 3.00. The van der Waals surface area contributed by atoms with E-state index >= 15 is 0 Å². The van der Waals surface area contributed by atoms with E-state index in [0.29, 0.717) is 19.6 Å². The van der Waals surface area contributed by atoms with Crippen LogP contribution in [0, 0.1) is 12.3 Å². The minimum absolute atomic E-state index is 0.132.